The van der Waals surface area contributed by atoms with Gasteiger partial charge in [0.15, 0.2) is 0 Å². The van der Waals surface area contributed by atoms with Gasteiger partial charge in [-0.1, -0.05) is 16.7 Å². The Morgan fingerprint density at radius 3 is 2.40 bits per heavy atom. The molecule has 35 heavy (non-hydrogen) atoms. The molecule has 5 rings (SSSR count). The molecule has 0 amide bonds. The Hall–Kier alpha value is -4.12. The fourth-order valence-electron chi connectivity index (χ4n) is 4.43. The number of hydrogen-bond donors (Lipinski definition) is 0. The minimum absolute atomic E-state index is 0.0225. The summed E-state index contributed by atoms with van der Waals surface area (Å²) in [5.41, 5.74) is -2.16. The van der Waals surface area contributed by atoms with Crippen LogP contribution in [-0.2, 0) is 6.54 Å². The SMILES string of the molecule is Cc1c(=O)n(CCCN2CCN(c3ccccc3-c3ccco3)CC2)c(=O)n2oc(=O)c(=O)oc12. The van der Waals surface area contributed by atoms with Crippen LogP contribution < -0.4 is 27.4 Å². The molecule has 0 spiro atoms. The van der Waals surface area contributed by atoms with Gasteiger partial charge in [0.1, 0.15) is 5.76 Å². The van der Waals surface area contributed by atoms with Gasteiger partial charge in [0.05, 0.1) is 11.8 Å². The highest BCUT2D eigenvalue weighted by Gasteiger charge is 2.21. The van der Waals surface area contributed by atoms with E-state index in [0.717, 1.165) is 47.8 Å². The Bertz CT molecular complexity index is 1590. The van der Waals surface area contributed by atoms with E-state index in [4.69, 9.17) is 13.4 Å². The van der Waals surface area contributed by atoms with Crippen LogP contribution in [0.15, 0.2) is 75.2 Å². The second kappa shape index (κ2) is 9.26. The highest BCUT2D eigenvalue weighted by atomic mass is 16.6. The number of fused-ring (bicyclic) bond motifs is 1. The Morgan fingerprint density at radius 2 is 1.66 bits per heavy atom. The number of aromatic nitrogens is 2. The molecule has 4 aromatic rings. The van der Waals surface area contributed by atoms with Gasteiger partial charge < -0.3 is 18.3 Å². The molecule has 0 unspecified atom stereocenters. The molecule has 1 aromatic carbocycles. The molecular weight excluding hydrogens is 456 g/mol. The van der Waals surface area contributed by atoms with Gasteiger partial charge in [-0.2, -0.15) is 0 Å². The Kier molecular flexibility index (Phi) is 6.00. The zero-order valence-electron chi connectivity index (χ0n) is 19.1. The molecule has 0 radical (unpaired) electrons. The van der Waals surface area contributed by atoms with E-state index >= 15 is 0 Å². The van der Waals surface area contributed by atoms with Gasteiger partial charge in [-0.3, -0.25) is 14.3 Å². The van der Waals surface area contributed by atoms with Gasteiger partial charge in [-0.25, -0.2) is 14.4 Å². The standard InChI is InChI=1S/C24H24N4O7/c1-16-20(29)27(24(32)28-21(16)34-22(30)23(31)35-28)10-5-9-25-11-13-26(14-12-25)18-7-3-2-6-17(18)19-8-4-15-33-19/h2-4,6-8,15H,5,9-14H2,1H3. The van der Waals surface area contributed by atoms with Gasteiger partial charge in [0.25, 0.3) is 11.3 Å². The summed E-state index contributed by atoms with van der Waals surface area (Å²) >= 11 is 0. The normalized spacial score (nSPS) is 14.6. The van der Waals surface area contributed by atoms with Crippen LogP contribution in [0, 0.1) is 6.92 Å². The molecule has 1 saturated heterocycles. The highest BCUT2D eigenvalue weighted by Crippen LogP contribution is 2.31. The van der Waals surface area contributed by atoms with Gasteiger partial charge in [0, 0.05) is 44.0 Å². The van der Waals surface area contributed by atoms with Gasteiger partial charge in [0.2, 0.25) is 0 Å². The van der Waals surface area contributed by atoms with Crippen LogP contribution in [0.5, 0.6) is 0 Å². The number of furan rings is 1. The second-order valence-electron chi connectivity index (χ2n) is 8.41. The van der Waals surface area contributed by atoms with Crippen molar-refractivity contribution in [2.24, 2.45) is 0 Å². The number of piperazine rings is 1. The minimum atomic E-state index is -1.31. The number of hydrogen-bond acceptors (Lipinski definition) is 9. The van der Waals surface area contributed by atoms with E-state index < -0.39 is 22.5 Å². The van der Waals surface area contributed by atoms with Crippen LogP contribution in [0.4, 0.5) is 5.69 Å². The maximum absolute atomic E-state index is 12.7. The second-order valence-corrected chi connectivity index (χ2v) is 8.41. The monoisotopic (exact) mass is 480 g/mol. The summed E-state index contributed by atoms with van der Waals surface area (Å²) in [6.07, 6.45) is 2.21. The van der Waals surface area contributed by atoms with Crippen LogP contribution in [0.3, 0.4) is 0 Å². The van der Waals surface area contributed by atoms with E-state index in [1.54, 1.807) is 6.26 Å². The van der Waals surface area contributed by atoms with E-state index in [0.29, 0.717) is 17.5 Å². The van der Waals surface area contributed by atoms with Crippen molar-refractivity contribution in [3.05, 3.63) is 89.9 Å². The number of anilines is 1. The van der Waals surface area contributed by atoms with Crippen LogP contribution in [0.1, 0.15) is 12.0 Å². The first-order valence-corrected chi connectivity index (χ1v) is 11.3. The highest BCUT2D eigenvalue weighted by molar-refractivity contribution is 5.75. The smallest absolute Gasteiger partial charge is 0.442 e. The number of nitrogens with zero attached hydrogens (tertiary/aromatic N) is 4. The van der Waals surface area contributed by atoms with Crippen LogP contribution in [0.2, 0.25) is 0 Å². The van der Waals surface area contributed by atoms with Crippen LogP contribution >= 0.6 is 0 Å². The first-order valence-electron chi connectivity index (χ1n) is 11.3. The van der Waals surface area contributed by atoms with Crippen molar-refractivity contribution in [1.29, 1.82) is 0 Å². The first kappa shape index (κ1) is 22.7. The molecule has 1 fully saturated rings. The molecule has 0 atom stereocenters. The molecule has 1 aliphatic rings. The zero-order valence-corrected chi connectivity index (χ0v) is 19.1. The van der Waals surface area contributed by atoms with Crippen molar-refractivity contribution in [3.63, 3.8) is 0 Å². The largest absolute Gasteiger partial charge is 0.464 e. The van der Waals surface area contributed by atoms with Crippen molar-refractivity contribution >= 4 is 11.4 Å². The molecule has 4 heterocycles. The van der Waals surface area contributed by atoms with E-state index in [9.17, 15) is 19.2 Å². The average Bonchev–Trinajstić information content (AvgIpc) is 3.41. The summed E-state index contributed by atoms with van der Waals surface area (Å²) in [7, 11) is 0. The third-order valence-electron chi connectivity index (χ3n) is 6.27. The Balaban J connectivity index is 1.24. The lowest BCUT2D eigenvalue weighted by Gasteiger charge is -2.36. The molecule has 1 aliphatic heterocycles. The minimum Gasteiger partial charge on any atom is -0.464 e. The van der Waals surface area contributed by atoms with Crippen molar-refractivity contribution in [2.75, 3.05) is 37.6 Å². The number of aryl methyl sites for hydroxylation is 1. The molecule has 0 N–H and O–H groups in total. The zero-order chi connectivity index (χ0) is 24.5. The number of benzene rings is 1. The topological polar surface area (TPSA) is 124 Å². The lowest BCUT2D eigenvalue weighted by Crippen LogP contribution is -2.47. The fourth-order valence-corrected chi connectivity index (χ4v) is 4.43. The van der Waals surface area contributed by atoms with Gasteiger partial charge in [-0.15, -0.1) is 0 Å². The maximum atomic E-state index is 12.7. The van der Waals surface area contributed by atoms with Gasteiger partial charge in [-0.05, 0) is 44.2 Å². The summed E-state index contributed by atoms with van der Waals surface area (Å²) in [5.74, 6) is 0.834. The van der Waals surface area contributed by atoms with E-state index in [1.165, 1.54) is 6.92 Å². The molecule has 0 saturated carbocycles. The summed E-state index contributed by atoms with van der Waals surface area (Å²) in [6.45, 7) is 5.57. The summed E-state index contributed by atoms with van der Waals surface area (Å²) in [6, 6.07) is 12.0. The van der Waals surface area contributed by atoms with Crippen molar-refractivity contribution in [1.82, 2.24) is 14.0 Å². The molecule has 182 valence electrons. The van der Waals surface area contributed by atoms with Crippen LogP contribution in [-0.4, -0.2) is 46.8 Å². The Morgan fingerprint density at radius 1 is 0.886 bits per heavy atom. The molecule has 3 aromatic heterocycles. The van der Waals surface area contributed by atoms with Crippen molar-refractivity contribution in [3.8, 4) is 11.3 Å². The number of rotatable bonds is 6. The molecule has 11 heteroatoms. The van der Waals surface area contributed by atoms with Gasteiger partial charge >= 0.3 is 16.9 Å². The third kappa shape index (κ3) is 4.26. The maximum Gasteiger partial charge on any atom is 0.442 e. The first-order chi connectivity index (χ1) is 16.9. The van der Waals surface area contributed by atoms with Crippen molar-refractivity contribution < 1.29 is 13.4 Å². The predicted molar refractivity (Wildman–Crippen MR) is 127 cm³/mol. The molecule has 0 bridgehead atoms. The summed E-state index contributed by atoms with van der Waals surface area (Å²) in [5, 5.41) is 0. The summed E-state index contributed by atoms with van der Waals surface area (Å²) < 4.78 is 16.7. The van der Waals surface area contributed by atoms with E-state index in [-0.39, 0.29) is 17.8 Å². The third-order valence-corrected chi connectivity index (χ3v) is 6.27. The fraction of sp³-hybridized carbons (Fsp3) is 0.333. The average molecular weight is 480 g/mol. The molecular formula is C24H24N4O7. The molecule has 0 aliphatic carbocycles. The lowest BCUT2D eigenvalue weighted by atomic mass is 10.1. The Labute approximate surface area is 198 Å². The van der Waals surface area contributed by atoms with Crippen LogP contribution in [0.25, 0.3) is 17.0 Å². The molecule has 11 nitrogen and oxygen atoms in total. The van der Waals surface area contributed by atoms with E-state index in [2.05, 4.69) is 21.9 Å². The quantitative estimate of drug-likeness (QED) is 0.374. The van der Waals surface area contributed by atoms with E-state index in [1.807, 2.05) is 24.3 Å². The summed E-state index contributed by atoms with van der Waals surface area (Å²) in [4.78, 5) is 52.9. The van der Waals surface area contributed by atoms with Crippen molar-refractivity contribution in [2.45, 2.75) is 19.9 Å². The predicted octanol–water partition coefficient (Wildman–Crippen LogP) is 1.15. The number of para-hydroxylation sites is 1. The lowest BCUT2D eigenvalue weighted by molar-refractivity contribution is 0.241.